The summed E-state index contributed by atoms with van der Waals surface area (Å²) in [6.45, 7) is 6.31. The molecule has 0 radical (unpaired) electrons. The van der Waals surface area contributed by atoms with Gasteiger partial charge in [0.15, 0.2) is 0 Å². The van der Waals surface area contributed by atoms with Crippen molar-refractivity contribution >= 4 is 29.6 Å². The van der Waals surface area contributed by atoms with Gasteiger partial charge in [0.05, 0.1) is 4.58 Å². The van der Waals surface area contributed by atoms with Gasteiger partial charge in [0.25, 0.3) is 0 Å². The van der Waals surface area contributed by atoms with Crippen LogP contribution in [-0.2, 0) is 4.74 Å². The first-order chi connectivity index (χ1) is 6.97. The van der Waals surface area contributed by atoms with E-state index in [1.165, 1.54) is 17.9 Å². The summed E-state index contributed by atoms with van der Waals surface area (Å²) in [5.41, 5.74) is -0.406. The van der Waals surface area contributed by atoms with E-state index in [4.69, 9.17) is 4.74 Å². The van der Waals surface area contributed by atoms with Crippen LogP contribution >= 0.6 is 23.5 Å². The highest BCUT2D eigenvalue weighted by molar-refractivity contribution is 8.17. The highest BCUT2D eigenvalue weighted by atomic mass is 32.2. The van der Waals surface area contributed by atoms with Crippen LogP contribution in [0.25, 0.3) is 0 Å². The molecule has 88 valence electrons. The number of nitrogens with one attached hydrogen (secondary N) is 1. The van der Waals surface area contributed by atoms with Gasteiger partial charge in [-0.05, 0) is 38.7 Å². The molecule has 1 N–H and O–H groups in total. The van der Waals surface area contributed by atoms with Gasteiger partial charge in [-0.2, -0.15) is 0 Å². The monoisotopic (exact) mass is 249 g/mol. The molecule has 0 atom stereocenters. The first-order valence-corrected chi connectivity index (χ1v) is 7.27. The lowest BCUT2D eigenvalue weighted by Crippen LogP contribution is -2.36. The highest BCUT2D eigenvalue weighted by Crippen LogP contribution is 2.29. The number of alkyl carbamates (subject to hydrolysis) is 1. The van der Waals surface area contributed by atoms with Crippen molar-refractivity contribution in [2.45, 2.75) is 37.4 Å². The van der Waals surface area contributed by atoms with Crippen LogP contribution in [0.3, 0.4) is 0 Å². The van der Waals surface area contributed by atoms with E-state index in [2.05, 4.69) is 5.32 Å². The van der Waals surface area contributed by atoms with Crippen molar-refractivity contribution in [3.05, 3.63) is 0 Å². The molecule has 0 aromatic rings. The van der Waals surface area contributed by atoms with Crippen molar-refractivity contribution in [2.24, 2.45) is 0 Å². The molecule has 5 heteroatoms. The second-order valence-corrected chi connectivity index (χ2v) is 7.33. The third kappa shape index (κ3) is 6.20. The van der Waals surface area contributed by atoms with Crippen molar-refractivity contribution in [1.82, 2.24) is 5.32 Å². The van der Waals surface area contributed by atoms with Crippen molar-refractivity contribution in [1.29, 1.82) is 0 Å². The normalized spacial score (nSPS) is 18.6. The van der Waals surface area contributed by atoms with E-state index in [1.807, 2.05) is 44.3 Å². The third-order valence-electron chi connectivity index (χ3n) is 1.71. The Morgan fingerprint density at radius 1 is 1.40 bits per heavy atom. The molecule has 0 bridgehead atoms. The summed E-state index contributed by atoms with van der Waals surface area (Å²) in [7, 11) is 0. The number of hydrogen-bond acceptors (Lipinski definition) is 4. The smallest absolute Gasteiger partial charge is 0.407 e. The summed E-state index contributed by atoms with van der Waals surface area (Å²) < 4.78 is 5.65. The molecule has 0 aromatic carbocycles. The molecule has 0 aliphatic carbocycles. The number of ether oxygens (including phenoxy) is 1. The van der Waals surface area contributed by atoms with E-state index in [9.17, 15) is 4.79 Å². The minimum atomic E-state index is -0.406. The van der Waals surface area contributed by atoms with Gasteiger partial charge in [-0.25, -0.2) is 4.79 Å². The Bertz CT molecular complexity index is 210. The number of thioether (sulfide) groups is 2. The maximum Gasteiger partial charge on any atom is 0.407 e. The van der Waals surface area contributed by atoms with Crippen LogP contribution < -0.4 is 5.32 Å². The Kier molecular flexibility index (Phi) is 5.12. The largest absolute Gasteiger partial charge is 0.444 e. The van der Waals surface area contributed by atoms with Crippen LogP contribution in [0.4, 0.5) is 4.79 Å². The summed E-state index contributed by atoms with van der Waals surface area (Å²) in [5.74, 6) is 2.40. The SMILES string of the molecule is CC(C)(C)OC(=O)NCC1SCCCS1. The van der Waals surface area contributed by atoms with Crippen molar-refractivity contribution in [3.8, 4) is 0 Å². The molecule has 1 aliphatic rings. The predicted molar refractivity (Wildman–Crippen MR) is 67.6 cm³/mol. The van der Waals surface area contributed by atoms with Crippen LogP contribution in [-0.4, -0.2) is 34.3 Å². The fraction of sp³-hybridized carbons (Fsp3) is 0.900. The van der Waals surface area contributed by atoms with Crippen LogP contribution in [0.1, 0.15) is 27.2 Å². The molecule has 3 nitrogen and oxygen atoms in total. The zero-order chi connectivity index (χ0) is 11.3. The molecule has 0 spiro atoms. The lowest BCUT2D eigenvalue weighted by Gasteiger charge is -2.23. The molecule has 0 aromatic heterocycles. The Morgan fingerprint density at radius 2 is 2.00 bits per heavy atom. The van der Waals surface area contributed by atoms with Crippen LogP contribution in [0, 0.1) is 0 Å². The molecule has 1 heterocycles. The Balaban J connectivity index is 2.15. The summed E-state index contributed by atoms with van der Waals surface area (Å²) in [6.07, 6.45) is 0.965. The summed E-state index contributed by atoms with van der Waals surface area (Å²) >= 11 is 3.83. The first-order valence-electron chi connectivity index (χ1n) is 5.17. The minimum absolute atomic E-state index is 0.311. The molecule has 1 amide bonds. The van der Waals surface area contributed by atoms with Gasteiger partial charge in [-0.1, -0.05) is 0 Å². The molecular weight excluding hydrogens is 230 g/mol. The van der Waals surface area contributed by atoms with E-state index < -0.39 is 5.60 Å². The van der Waals surface area contributed by atoms with E-state index >= 15 is 0 Å². The molecule has 1 rings (SSSR count). The van der Waals surface area contributed by atoms with Crippen molar-refractivity contribution in [2.75, 3.05) is 18.1 Å². The Morgan fingerprint density at radius 3 is 2.53 bits per heavy atom. The maximum absolute atomic E-state index is 11.3. The summed E-state index contributed by atoms with van der Waals surface area (Å²) in [4.78, 5) is 11.3. The quantitative estimate of drug-likeness (QED) is 0.816. The Labute approximate surface area is 100 Å². The fourth-order valence-electron chi connectivity index (χ4n) is 1.14. The summed E-state index contributed by atoms with van der Waals surface area (Å²) in [6, 6.07) is 0. The van der Waals surface area contributed by atoms with E-state index in [0.717, 1.165) is 0 Å². The lowest BCUT2D eigenvalue weighted by atomic mass is 10.2. The maximum atomic E-state index is 11.3. The van der Waals surface area contributed by atoms with Gasteiger partial charge in [-0.3, -0.25) is 0 Å². The minimum Gasteiger partial charge on any atom is -0.444 e. The van der Waals surface area contributed by atoms with Gasteiger partial charge in [0.2, 0.25) is 0 Å². The van der Waals surface area contributed by atoms with Gasteiger partial charge in [0, 0.05) is 6.54 Å². The average molecular weight is 249 g/mol. The number of carbonyl (C=O) groups excluding carboxylic acids is 1. The summed E-state index contributed by atoms with van der Waals surface area (Å²) in [5, 5.41) is 2.81. The zero-order valence-corrected chi connectivity index (χ0v) is 11.2. The standard InChI is InChI=1S/C10H19NO2S2/c1-10(2,3)13-9(12)11-7-8-14-5-4-6-15-8/h8H,4-7H2,1-3H3,(H,11,12). The van der Waals surface area contributed by atoms with Gasteiger partial charge < -0.3 is 10.1 Å². The highest BCUT2D eigenvalue weighted by Gasteiger charge is 2.19. The molecule has 0 unspecified atom stereocenters. The topological polar surface area (TPSA) is 38.3 Å². The number of rotatable bonds is 2. The fourth-order valence-corrected chi connectivity index (χ4v) is 3.83. The van der Waals surface area contributed by atoms with Crippen LogP contribution in [0.15, 0.2) is 0 Å². The van der Waals surface area contributed by atoms with Crippen LogP contribution in [0.2, 0.25) is 0 Å². The predicted octanol–water partition coefficient (Wildman–Crippen LogP) is 2.71. The van der Waals surface area contributed by atoms with Gasteiger partial charge in [-0.15, -0.1) is 23.5 Å². The zero-order valence-electron chi connectivity index (χ0n) is 9.54. The molecule has 1 saturated heterocycles. The van der Waals surface area contributed by atoms with E-state index in [0.29, 0.717) is 11.1 Å². The van der Waals surface area contributed by atoms with Gasteiger partial charge >= 0.3 is 6.09 Å². The van der Waals surface area contributed by atoms with Crippen LogP contribution in [0.5, 0.6) is 0 Å². The molecule has 15 heavy (non-hydrogen) atoms. The average Bonchev–Trinajstić information content (AvgIpc) is 2.14. The second kappa shape index (κ2) is 5.89. The molecule has 1 fully saturated rings. The first kappa shape index (κ1) is 13.0. The van der Waals surface area contributed by atoms with Gasteiger partial charge in [0.1, 0.15) is 5.60 Å². The van der Waals surface area contributed by atoms with E-state index in [-0.39, 0.29) is 6.09 Å². The molecule has 1 aliphatic heterocycles. The molecular formula is C10H19NO2S2. The number of carbonyl (C=O) groups is 1. The third-order valence-corrected chi connectivity index (χ3v) is 4.65. The van der Waals surface area contributed by atoms with E-state index in [1.54, 1.807) is 0 Å². The molecule has 0 saturated carbocycles. The number of amides is 1. The second-order valence-electron chi connectivity index (χ2n) is 4.41. The number of hydrogen-bond donors (Lipinski definition) is 1. The van der Waals surface area contributed by atoms with Crippen molar-refractivity contribution in [3.63, 3.8) is 0 Å². The van der Waals surface area contributed by atoms with Crippen molar-refractivity contribution < 1.29 is 9.53 Å². The lowest BCUT2D eigenvalue weighted by molar-refractivity contribution is 0.0530. The Hall–Kier alpha value is -0.0300.